The van der Waals surface area contributed by atoms with E-state index in [0.29, 0.717) is 11.3 Å². The van der Waals surface area contributed by atoms with Crippen LogP contribution in [0.3, 0.4) is 0 Å². The molecule has 0 saturated heterocycles. The molecule has 0 aliphatic rings. The van der Waals surface area contributed by atoms with Crippen LogP contribution in [0.4, 0.5) is 11.4 Å². The summed E-state index contributed by atoms with van der Waals surface area (Å²) >= 11 is 6.27. The van der Waals surface area contributed by atoms with Crippen LogP contribution in [0.2, 0.25) is 5.02 Å². The van der Waals surface area contributed by atoms with E-state index in [9.17, 15) is 28.1 Å². The summed E-state index contributed by atoms with van der Waals surface area (Å²) in [5.41, 5.74) is 0.460. The number of carbonyl (C=O) groups is 2. The summed E-state index contributed by atoms with van der Waals surface area (Å²) in [6, 6.07) is 13.5. The summed E-state index contributed by atoms with van der Waals surface area (Å²) in [6.45, 7) is 6.02. The summed E-state index contributed by atoms with van der Waals surface area (Å²) in [4.78, 5) is 39.5. The van der Waals surface area contributed by atoms with Gasteiger partial charge in [0.05, 0.1) is 29.7 Å². The first-order chi connectivity index (χ1) is 21.2. The summed E-state index contributed by atoms with van der Waals surface area (Å²) in [5, 5.41) is 14.7. The molecule has 1 N–H and O–H groups in total. The molecule has 3 aromatic carbocycles. The Bertz CT molecular complexity index is 1650. The zero-order valence-corrected chi connectivity index (χ0v) is 27.5. The van der Waals surface area contributed by atoms with Crippen LogP contribution >= 0.6 is 11.6 Å². The van der Waals surface area contributed by atoms with E-state index in [1.54, 1.807) is 45.0 Å². The second kappa shape index (κ2) is 15.1. The molecule has 12 nitrogen and oxygen atoms in total. The van der Waals surface area contributed by atoms with E-state index in [1.165, 1.54) is 56.4 Å². The van der Waals surface area contributed by atoms with Gasteiger partial charge in [-0.25, -0.2) is 8.42 Å². The Morgan fingerprint density at radius 3 is 2.24 bits per heavy atom. The van der Waals surface area contributed by atoms with Gasteiger partial charge in [-0.15, -0.1) is 0 Å². The Balaban J connectivity index is 2.18. The van der Waals surface area contributed by atoms with Crippen LogP contribution in [-0.4, -0.2) is 62.9 Å². The lowest BCUT2D eigenvalue weighted by atomic mass is 10.1. The number of methoxy groups -OCH3 is 2. The average Bonchev–Trinajstić information content (AvgIpc) is 2.99. The number of amides is 2. The predicted molar refractivity (Wildman–Crippen MR) is 171 cm³/mol. The molecule has 45 heavy (non-hydrogen) atoms. The number of anilines is 1. The van der Waals surface area contributed by atoms with Crippen molar-refractivity contribution < 1.29 is 32.4 Å². The monoisotopic (exact) mass is 660 g/mol. The number of nitrogens with zero attached hydrogens (tertiary/aromatic N) is 3. The number of rotatable bonds is 14. The lowest BCUT2D eigenvalue weighted by Crippen LogP contribution is -2.53. The van der Waals surface area contributed by atoms with Crippen molar-refractivity contribution in [3.63, 3.8) is 0 Å². The third kappa shape index (κ3) is 8.43. The zero-order chi connectivity index (χ0) is 33.5. The van der Waals surface area contributed by atoms with Gasteiger partial charge in [0.1, 0.15) is 24.1 Å². The first-order valence-electron chi connectivity index (χ1n) is 14.1. The molecular weight excluding hydrogens is 624 g/mol. The van der Waals surface area contributed by atoms with Gasteiger partial charge >= 0.3 is 0 Å². The van der Waals surface area contributed by atoms with Crippen molar-refractivity contribution in [2.45, 2.75) is 57.6 Å². The number of benzene rings is 3. The molecule has 3 rings (SSSR count). The minimum atomic E-state index is -4.63. The average molecular weight is 661 g/mol. The topological polar surface area (TPSA) is 148 Å². The zero-order valence-electron chi connectivity index (χ0n) is 25.9. The van der Waals surface area contributed by atoms with Crippen molar-refractivity contribution in [1.29, 1.82) is 0 Å². The van der Waals surface area contributed by atoms with Gasteiger partial charge in [-0.2, -0.15) is 0 Å². The van der Waals surface area contributed by atoms with Crippen LogP contribution in [0.1, 0.15) is 38.3 Å². The van der Waals surface area contributed by atoms with Gasteiger partial charge < -0.3 is 19.7 Å². The lowest BCUT2D eigenvalue weighted by molar-refractivity contribution is -0.385. The lowest BCUT2D eigenvalue weighted by Gasteiger charge is -2.34. The maximum Gasteiger partial charge on any atom is 0.273 e. The SMILES string of the molecule is CCC(C(=O)NC(C)C)N(Cc1ccc(OC)cc1)C(=O)CN(c1cc(Cl)ccc1OC)S(=O)(=O)c1ccc(C)c([N+](=O)[O-])c1. The van der Waals surface area contributed by atoms with Crippen LogP contribution in [0.5, 0.6) is 11.5 Å². The Labute approximate surface area is 268 Å². The van der Waals surface area contributed by atoms with Crippen molar-refractivity contribution in [3.05, 3.63) is 86.9 Å². The van der Waals surface area contributed by atoms with Gasteiger partial charge in [-0.05, 0) is 69.2 Å². The molecule has 1 atom stereocenters. The van der Waals surface area contributed by atoms with Crippen molar-refractivity contribution in [3.8, 4) is 11.5 Å². The van der Waals surface area contributed by atoms with Crippen LogP contribution in [0.25, 0.3) is 0 Å². The number of ether oxygens (including phenoxy) is 2. The quantitative estimate of drug-likeness (QED) is 0.185. The van der Waals surface area contributed by atoms with E-state index in [2.05, 4.69) is 5.32 Å². The van der Waals surface area contributed by atoms with Crippen molar-refractivity contribution in [1.82, 2.24) is 10.2 Å². The fourth-order valence-electron chi connectivity index (χ4n) is 4.67. The number of sulfonamides is 1. The maximum absolute atomic E-state index is 14.3. The molecule has 2 amide bonds. The van der Waals surface area contributed by atoms with Crippen LogP contribution in [0.15, 0.2) is 65.6 Å². The van der Waals surface area contributed by atoms with E-state index in [4.69, 9.17) is 21.1 Å². The third-order valence-corrected chi connectivity index (χ3v) is 8.97. The summed E-state index contributed by atoms with van der Waals surface area (Å²) in [7, 11) is -1.78. The minimum absolute atomic E-state index is 0.0244. The number of nitrogens with one attached hydrogen (secondary N) is 1. The fraction of sp³-hybridized carbons (Fsp3) is 0.355. The number of aryl methyl sites for hydroxylation is 1. The van der Waals surface area contributed by atoms with Crippen LogP contribution in [-0.2, 0) is 26.2 Å². The molecule has 0 saturated carbocycles. The Morgan fingerprint density at radius 1 is 1.02 bits per heavy atom. The largest absolute Gasteiger partial charge is 0.497 e. The number of halogens is 1. The number of nitro benzene ring substituents is 1. The molecule has 0 aliphatic carbocycles. The van der Waals surface area contributed by atoms with Crippen molar-refractivity contribution >= 4 is 44.8 Å². The number of carbonyl (C=O) groups excluding carboxylic acids is 2. The predicted octanol–water partition coefficient (Wildman–Crippen LogP) is 5.10. The summed E-state index contributed by atoms with van der Waals surface area (Å²) in [6.07, 6.45) is 0.234. The molecule has 1 unspecified atom stereocenters. The highest BCUT2D eigenvalue weighted by Gasteiger charge is 2.35. The van der Waals surface area contributed by atoms with Gasteiger partial charge in [0.2, 0.25) is 11.8 Å². The van der Waals surface area contributed by atoms with Crippen LogP contribution < -0.4 is 19.1 Å². The molecule has 0 spiro atoms. The molecule has 0 fully saturated rings. The molecule has 242 valence electrons. The van der Waals surface area contributed by atoms with Crippen LogP contribution in [0, 0.1) is 17.0 Å². The van der Waals surface area contributed by atoms with E-state index >= 15 is 0 Å². The maximum atomic E-state index is 14.3. The minimum Gasteiger partial charge on any atom is -0.497 e. The molecule has 0 radical (unpaired) electrons. The fourth-order valence-corrected chi connectivity index (χ4v) is 6.28. The van der Waals surface area contributed by atoms with Gasteiger partial charge in [0.15, 0.2) is 0 Å². The normalized spacial score (nSPS) is 11.9. The van der Waals surface area contributed by atoms with Crippen molar-refractivity contribution in [2.24, 2.45) is 0 Å². The second-order valence-electron chi connectivity index (χ2n) is 10.5. The van der Waals surface area contributed by atoms with E-state index < -0.39 is 49.9 Å². The van der Waals surface area contributed by atoms with E-state index in [1.807, 2.05) is 0 Å². The van der Waals surface area contributed by atoms with Gasteiger partial charge in [0, 0.05) is 29.2 Å². The summed E-state index contributed by atoms with van der Waals surface area (Å²) < 4.78 is 39.9. The molecule has 0 aliphatic heterocycles. The standard InChI is InChI=1S/C31H37ClN4O8S/c1-7-26(31(38)33-20(2)3)34(18-22-9-12-24(43-5)13-10-22)30(37)19-35(28-16-23(32)11-15-29(28)44-6)45(41,42)25-14-8-21(4)27(17-25)36(39)40/h8-17,20,26H,7,18-19H2,1-6H3,(H,33,38). The number of hydrogen-bond acceptors (Lipinski definition) is 8. The molecule has 0 heterocycles. The summed E-state index contributed by atoms with van der Waals surface area (Å²) in [5.74, 6) is -0.426. The Kier molecular flexibility index (Phi) is 11.8. The first-order valence-corrected chi connectivity index (χ1v) is 15.9. The first kappa shape index (κ1) is 35.1. The third-order valence-electron chi connectivity index (χ3n) is 6.98. The van der Waals surface area contributed by atoms with E-state index in [-0.39, 0.29) is 41.0 Å². The molecular formula is C31H37ClN4O8S. The molecule has 3 aromatic rings. The molecule has 0 bridgehead atoms. The number of hydrogen-bond donors (Lipinski definition) is 1. The molecule has 0 aromatic heterocycles. The Hall–Kier alpha value is -4.36. The second-order valence-corrected chi connectivity index (χ2v) is 12.8. The Morgan fingerprint density at radius 2 is 1.69 bits per heavy atom. The highest BCUT2D eigenvalue weighted by atomic mass is 35.5. The van der Waals surface area contributed by atoms with E-state index in [0.717, 1.165) is 10.4 Å². The van der Waals surface area contributed by atoms with Gasteiger partial charge in [-0.1, -0.05) is 36.7 Å². The highest BCUT2D eigenvalue weighted by molar-refractivity contribution is 7.92. The van der Waals surface area contributed by atoms with Gasteiger partial charge in [0.25, 0.3) is 15.7 Å². The smallest absolute Gasteiger partial charge is 0.273 e. The highest BCUT2D eigenvalue weighted by Crippen LogP contribution is 2.36. The number of nitro groups is 1. The van der Waals surface area contributed by atoms with Gasteiger partial charge in [-0.3, -0.25) is 24.0 Å². The molecule has 14 heteroatoms. The van der Waals surface area contributed by atoms with Crippen molar-refractivity contribution in [2.75, 3.05) is 25.1 Å².